The minimum absolute atomic E-state index is 0.00655. The highest BCUT2D eigenvalue weighted by molar-refractivity contribution is 9.10. The molecule has 1 heterocycles. The maximum absolute atomic E-state index is 12.7. The molecule has 2 aromatic carbocycles. The lowest BCUT2D eigenvalue weighted by Gasteiger charge is -2.27. The Morgan fingerprint density at radius 3 is 2.31 bits per heavy atom. The third-order valence-electron chi connectivity index (χ3n) is 4.31. The number of carbonyl (C=O) groups excluding carboxylic acids is 2. The topological polar surface area (TPSA) is 76.1 Å². The molecule has 3 rings (SSSR count). The minimum atomic E-state index is -0.708. The summed E-state index contributed by atoms with van der Waals surface area (Å²) in [4.78, 5) is 26.6. The molecule has 0 atom stereocenters. The number of allylic oxidation sites excluding steroid dienone is 2. The SMILES string of the molecule is COC(=O)C1=C(C(=O)OC)N(c2c(Br)cccc2-c2ccccc2O)C=CC=C1. The van der Waals surface area contributed by atoms with E-state index in [9.17, 15) is 14.7 Å². The number of nitrogens with zero attached hydrogens (tertiary/aromatic N) is 1. The highest BCUT2D eigenvalue weighted by Crippen LogP contribution is 2.43. The van der Waals surface area contributed by atoms with Crippen molar-refractivity contribution in [3.05, 3.63) is 82.6 Å². The number of esters is 2. The summed E-state index contributed by atoms with van der Waals surface area (Å²) in [5, 5.41) is 10.4. The van der Waals surface area contributed by atoms with Crippen LogP contribution in [0.4, 0.5) is 5.69 Å². The molecule has 0 saturated heterocycles. The van der Waals surface area contributed by atoms with Crippen LogP contribution in [-0.4, -0.2) is 31.3 Å². The van der Waals surface area contributed by atoms with Crippen LogP contribution in [0.15, 0.2) is 82.6 Å². The van der Waals surface area contributed by atoms with Gasteiger partial charge in [-0.25, -0.2) is 9.59 Å². The van der Waals surface area contributed by atoms with Crippen LogP contribution in [0.1, 0.15) is 0 Å². The molecule has 0 fully saturated rings. The zero-order chi connectivity index (χ0) is 21.0. The third kappa shape index (κ3) is 3.95. The number of carbonyl (C=O) groups is 2. The molecule has 2 aromatic rings. The molecule has 0 saturated carbocycles. The number of phenolic OH excluding ortho intramolecular Hbond substituents is 1. The molecule has 0 unspecified atom stereocenters. The second-order valence-corrected chi connectivity index (χ2v) is 6.82. The van der Waals surface area contributed by atoms with Crippen molar-refractivity contribution in [2.24, 2.45) is 0 Å². The van der Waals surface area contributed by atoms with E-state index in [4.69, 9.17) is 9.47 Å². The first-order chi connectivity index (χ1) is 14.0. The standard InChI is InChI=1S/C22H18BrNO5/c1-28-21(26)16-9-5-6-13-24(20(16)22(27)29-2)19-15(10-7-11-17(19)23)14-8-3-4-12-18(14)25/h3-13,25H,1-2H3. The van der Waals surface area contributed by atoms with Gasteiger partial charge in [-0.1, -0.05) is 36.4 Å². The Bertz CT molecular complexity index is 1050. The van der Waals surface area contributed by atoms with E-state index in [1.165, 1.54) is 20.3 Å². The summed E-state index contributed by atoms with van der Waals surface area (Å²) in [6.45, 7) is 0. The number of phenols is 1. The number of para-hydroxylation sites is 2. The number of halogens is 1. The molecule has 6 nitrogen and oxygen atoms in total. The van der Waals surface area contributed by atoms with Gasteiger partial charge in [0.2, 0.25) is 0 Å². The normalized spacial score (nSPS) is 13.3. The zero-order valence-electron chi connectivity index (χ0n) is 15.8. The first-order valence-corrected chi connectivity index (χ1v) is 9.40. The van der Waals surface area contributed by atoms with Crippen molar-refractivity contribution < 1.29 is 24.2 Å². The summed E-state index contributed by atoms with van der Waals surface area (Å²) in [6, 6.07) is 12.3. The minimum Gasteiger partial charge on any atom is -0.507 e. The molecule has 0 bridgehead atoms. The van der Waals surface area contributed by atoms with Gasteiger partial charge in [-0.15, -0.1) is 0 Å². The number of hydrogen-bond donors (Lipinski definition) is 1. The molecule has 1 N–H and O–H groups in total. The second-order valence-electron chi connectivity index (χ2n) is 5.97. The molecule has 148 valence electrons. The van der Waals surface area contributed by atoms with E-state index in [0.717, 1.165) is 0 Å². The predicted octanol–water partition coefficient (Wildman–Crippen LogP) is 4.31. The fourth-order valence-corrected chi connectivity index (χ4v) is 3.57. The number of rotatable bonds is 4. The van der Waals surface area contributed by atoms with Gasteiger partial charge in [0.25, 0.3) is 0 Å². The summed E-state index contributed by atoms with van der Waals surface area (Å²) in [7, 11) is 2.48. The number of benzene rings is 2. The van der Waals surface area contributed by atoms with Gasteiger partial charge in [0.1, 0.15) is 11.4 Å². The lowest BCUT2D eigenvalue weighted by Crippen LogP contribution is -2.27. The zero-order valence-corrected chi connectivity index (χ0v) is 17.3. The van der Waals surface area contributed by atoms with Crippen LogP contribution in [0, 0.1) is 0 Å². The number of methoxy groups -OCH3 is 2. The third-order valence-corrected chi connectivity index (χ3v) is 4.95. The average Bonchev–Trinajstić information content (AvgIpc) is 2.95. The molecule has 0 amide bonds. The molecule has 0 spiro atoms. The van der Waals surface area contributed by atoms with E-state index in [2.05, 4.69) is 15.9 Å². The maximum atomic E-state index is 12.7. The lowest BCUT2D eigenvalue weighted by atomic mass is 10.0. The summed E-state index contributed by atoms with van der Waals surface area (Å²) in [6.07, 6.45) is 6.45. The highest BCUT2D eigenvalue weighted by Gasteiger charge is 2.30. The molecular formula is C22H18BrNO5. The van der Waals surface area contributed by atoms with E-state index in [1.54, 1.807) is 53.6 Å². The largest absolute Gasteiger partial charge is 0.507 e. The Morgan fingerprint density at radius 2 is 1.62 bits per heavy atom. The maximum Gasteiger partial charge on any atom is 0.355 e. The van der Waals surface area contributed by atoms with E-state index >= 15 is 0 Å². The fraction of sp³-hybridized carbons (Fsp3) is 0.0909. The average molecular weight is 456 g/mol. The number of anilines is 1. The number of hydrogen-bond acceptors (Lipinski definition) is 6. The van der Waals surface area contributed by atoms with Gasteiger partial charge in [0.05, 0.1) is 25.5 Å². The highest BCUT2D eigenvalue weighted by atomic mass is 79.9. The van der Waals surface area contributed by atoms with Crippen molar-refractivity contribution in [1.29, 1.82) is 0 Å². The van der Waals surface area contributed by atoms with E-state index in [-0.39, 0.29) is 17.0 Å². The van der Waals surface area contributed by atoms with Crippen LogP contribution in [0.25, 0.3) is 11.1 Å². The van der Waals surface area contributed by atoms with Crippen molar-refractivity contribution in [1.82, 2.24) is 0 Å². The molecule has 7 heteroatoms. The van der Waals surface area contributed by atoms with Gasteiger partial charge < -0.3 is 19.5 Å². The van der Waals surface area contributed by atoms with Gasteiger partial charge >= 0.3 is 11.9 Å². The van der Waals surface area contributed by atoms with Crippen LogP contribution >= 0.6 is 15.9 Å². The Morgan fingerprint density at radius 1 is 0.931 bits per heavy atom. The van der Waals surface area contributed by atoms with Gasteiger partial charge in [0, 0.05) is 21.8 Å². The van der Waals surface area contributed by atoms with Crippen molar-refractivity contribution >= 4 is 33.6 Å². The Balaban J connectivity index is 2.33. The Kier molecular flexibility index (Phi) is 6.19. The predicted molar refractivity (Wildman–Crippen MR) is 113 cm³/mol. The van der Waals surface area contributed by atoms with Crippen molar-refractivity contribution in [2.75, 3.05) is 19.1 Å². The van der Waals surface area contributed by atoms with Crippen molar-refractivity contribution in [3.8, 4) is 16.9 Å². The van der Waals surface area contributed by atoms with E-state index in [1.807, 2.05) is 12.1 Å². The van der Waals surface area contributed by atoms with Crippen molar-refractivity contribution in [3.63, 3.8) is 0 Å². The second kappa shape index (κ2) is 8.79. The van der Waals surface area contributed by atoms with Gasteiger partial charge in [-0.3, -0.25) is 0 Å². The molecule has 29 heavy (non-hydrogen) atoms. The first kappa shape index (κ1) is 20.4. The number of aromatic hydroxyl groups is 1. The van der Waals surface area contributed by atoms with Gasteiger partial charge in [-0.05, 0) is 40.2 Å². The van der Waals surface area contributed by atoms with E-state index in [0.29, 0.717) is 21.3 Å². The Hall–Kier alpha value is -3.32. The fourth-order valence-electron chi connectivity index (χ4n) is 3.02. The van der Waals surface area contributed by atoms with Crippen LogP contribution in [-0.2, 0) is 19.1 Å². The monoisotopic (exact) mass is 455 g/mol. The van der Waals surface area contributed by atoms with Gasteiger partial charge in [-0.2, -0.15) is 0 Å². The molecule has 1 aliphatic rings. The smallest absolute Gasteiger partial charge is 0.355 e. The van der Waals surface area contributed by atoms with E-state index < -0.39 is 11.9 Å². The summed E-state index contributed by atoms with van der Waals surface area (Å²) >= 11 is 3.53. The molecule has 0 aromatic heterocycles. The first-order valence-electron chi connectivity index (χ1n) is 8.61. The van der Waals surface area contributed by atoms with Crippen LogP contribution in [0.2, 0.25) is 0 Å². The lowest BCUT2D eigenvalue weighted by molar-refractivity contribution is -0.139. The number of ether oxygens (including phenoxy) is 2. The van der Waals surface area contributed by atoms with Gasteiger partial charge in [0.15, 0.2) is 0 Å². The summed E-state index contributed by atoms with van der Waals surface area (Å²) in [5.74, 6) is -1.30. The summed E-state index contributed by atoms with van der Waals surface area (Å²) < 4.78 is 10.5. The summed E-state index contributed by atoms with van der Waals surface area (Å²) in [5.41, 5.74) is 1.81. The molecular weight excluding hydrogens is 438 g/mol. The van der Waals surface area contributed by atoms with Crippen LogP contribution in [0.5, 0.6) is 5.75 Å². The van der Waals surface area contributed by atoms with Crippen molar-refractivity contribution in [2.45, 2.75) is 0 Å². The molecule has 1 aliphatic heterocycles. The van der Waals surface area contributed by atoms with Crippen LogP contribution in [0.3, 0.4) is 0 Å². The Labute approximate surface area is 176 Å². The van der Waals surface area contributed by atoms with Crippen LogP contribution < -0.4 is 4.90 Å². The molecule has 0 aliphatic carbocycles. The molecule has 0 radical (unpaired) electrons. The quantitative estimate of drug-likeness (QED) is 0.692.